The van der Waals surface area contributed by atoms with E-state index in [0.717, 1.165) is 0 Å². The van der Waals surface area contributed by atoms with Crippen LogP contribution in [-0.2, 0) is 11.3 Å². The summed E-state index contributed by atoms with van der Waals surface area (Å²) in [4.78, 5) is 15.9. The monoisotopic (exact) mass is 240 g/mol. The number of amides is 1. The van der Waals surface area contributed by atoms with Crippen LogP contribution in [0.5, 0.6) is 0 Å². The Hall–Kier alpha value is -1.40. The molecule has 17 heavy (non-hydrogen) atoms. The van der Waals surface area contributed by atoms with Gasteiger partial charge < -0.3 is 20.4 Å². The number of hydrogen-bond donors (Lipinski definition) is 2. The average Bonchev–Trinajstić information content (AvgIpc) is 2.66. The van der Waals surface area contributed by atoms with Crippen molar-refractivity contribution in [1.82, 2.24) is 14.9 Å². The molecule has 0 aliphatic rings. The molecule has 0 radical (unpaired) electrons. The van der Waals surface area contributed by atoms with Crippen LogP contribution in [0, 0.1) is 0 Å². The van der Waals surface area contributed by atoms with Gasteiger partial charge in [-0.3, -0.25) is 4.79 Å². The smallest absolute Gasteiger partial charge is 0.271 e. The number of nitrogens with one attached hydrogen (secondary N) is 1. The van der Waals surface area contributed by atoms with E-state index in [1.165, 1.54) is 0 Å². The second-order valence-electron chi connectivity index (χ2n) is 4.56. The van der Waals surface area contributed by atoms with Crippen molar-refractivity contribution in [1.29, 1.82) is 0 Å². The standard InChI is InChI=1S/C11H20N4O2/c1-11(2,7-17-3)14-10(16)9-6-15(5-4-12)8-13-9/h6,8H,4-5,7,12H2,1-3H3,(H,14,16). The van der Waals surface area contributed by atoms with Crippen molar-refractivity contribution < 1.29 is 9.53 Å². The minimum absolute atomic E-state index is 0.206. The van der Waals surface area contributed by atoms with Crippen molar-refractivity contribution in [3.63, 3.8) is 0 Å². The molecule has 0 spiro atoms. The maximum absolute atomic E-state index is 11.9. The molecule has 0 aromatic carbocycles. The van der Waals surface area contributed by atoms with Crippen LogP contribution < -0.4 is 11.1 Å². The van der Waals surface area contributed by atoms with Gasteiger partial charge in [-0.05, 0) is 13.8 Å². The Bertz CT molecular complexity index is 373. The largest absolute Gasteiger partial charge is 0.382 e. The first-order valence-electron chi connectivity index (χ1n) is 5.52. The molecule has 6 heteroatoms. The van der Waals surface area contributed by atoms with Crippen molar-refractivity contribution in [3.8, 4) is 0 Å². The molecule has 0 saturated carbocycles. The third kappa shape index (κ3) is 4.16. The maximum Gasteiger partial charge on any atom is 0.271 e. The Balaban J connectivity index is 2.63. The number of rotatable bonds is 6. The van der Waals surface area contributed by atoms with Crippen LogP contribution in [0.1, 0.15) is 24.3 Å². The lowest BCUT2D eigenvalue weighted by atomic mass is 10.1. The number of carbonyl (C=O) groups is 1. The fourth-order valence-electron chi connectivity index (χ4n) is 1.52. The Labute approximate surface area is 101 Å². The number of aromatic nitrogens is 2. The lowest BCUT2D eigenvalue weighted by Crippen LogP contribution is -2.46. The van der Waals surface area contributed by atoms with Gasteiger partial charge in [0.15, 0.2) is 0 Å². The predicted molar refractivity (Wildman–Crippen MR) is 64.7 cm³/mol. The molecule has 1 heterocycles. The molecule has 0 aliphatic carbocycles. The Morgan fingerprint density at radius 1 is 1.65 bits per heavy atom. The van der Waals surface area contributed by atoms with Crippen LogP contribution in [0.3, 0.4) is 0 Å². The van der Waals surface area contributed by atoms with Crippen LogP contribution >= 0.6 is 0 Å². The van der Waals surface area contributed by atoms with Gasteiger partial charge in [0.1, 0.15) is 5.69 Å². The Kier molecular flexibility index (Phi) is 4.65. The number of nitrogens with zero attached hydrogens (tertiary/aromatic N) is 2. The van der Waals surface area contributed by atoms with Gasteiger partial charge in [0, 0.05) is 26.4 Å². The van der Waals surface area contributed by atoms with Gasteiger partial charge in [0.25, 0.3) is 5.91 Å². The third-order valence-electron chi connectivity index (χ3n) is 2.21. The second-order valence-corrected chi connectivity index (χ2v) is 4.56. The highest BCUT2D eigenvalue weighted by Crippen LogP contribution is 2.05. The maximum atomic E-state index is 11.9. The molecular formula is C11H20N4O2. The highest BCUT2D eigenvalue weighted by molar-refractivity contribution is 5.92. The first-order valence-corrected chi connectivity index (χ1v) is 5.52. The number of nitrogens with two attached hydrogens (primary N) is 1. The summed E-state index contributed by atoms with van der Waals surface area (Å²) in [6.07, 6.45) is 3.29. The zero-order valence-electron chi connectivity index (χ0n) is 10.6. The molecule has 1 amide bonds. The fraction of sp³-hybridized carbons (Fsp3) is 0.636. The lowest BCUT2D eigenvalue weighted by molar-refractivity contribution is 0.0815. The van der Waals surface area contributed by atoms with Gasteiger partial charge >= 0.3 is 0 Å². The molecule has 1 aromatic rings. The van der Waals surface area contributed by atoms with Gasteiger partial charge in [-0.25, -0.2) is 4.98 Å². The molecule has 0 unspecified atom stereocenters. The molecule has 0 aliphatic heterocycles. The van der Waals surface area contributed by atoms with Gasteiger partial charge in [-0.15, -0.1) is 0 Å². The topological polar surface area (TPSA) is 82.2 Å². The number of methoxy groups -OCH3 is 1. The summed E-state index contributed by atoms with van der Waals surface area (Å²) in [5.41, 5.74) is 5.40. The van der Waals surface area contributed by atoms with Crippen LogP contribution in [0.2, 0.25) is 0 Å². The molecule has 0 fully saturated rings. The summed E-state index contributed by atoms with van der Waals surface area (Å²) in [6, 6.07) is 0. The minimum atomic E-state index is -0.413. The second kappa shape index (κ2) is 5.79. The molecule has 1 aromatic heterocycles. The summed E-state index contributed by atoms with van der Waals surface area (Å²) in [6.45, 7) is 5.41. The fourth-order valence-corrected chi connectivity index (χ4v) is 1.52. The van der Waals surface area contributed by atoms with Gasteiger partial charge in [0.2, 0.25) is 0 Å². The van der Waals surface area contributed by atoms with Crippen molar-refractivity contribution >= 4 is 5.91 Å². The number of hydrogen-bond acceptors (Lipinski definition) is 4. The van der Waals surface area contributed by atoms with Crippen LogP contribution in [0.4, 0.5) is 0 Å². The van der Waals surface area contributed by atoms with Crippen LogP contribution in [0.25, 0.3) is 0 Å². The summed E-state index contributed by atoms with van der Waals surface area (Å²) >= 11 is 0. The van der Waals surface area contributed by atoms with Crippen LogP contribution in [0.15, 0.2) is 12.5 Å². The predicted octanol–water partition coefficient (Wildman–Crippen LogP) is -0.00340. The molecule has 3 N–H and O–H groups in total. The van der Waals surface area contributed by atoms with E-state index in [2.05, 4.69) is 10.3 Å². The summed E-state index contributed by atoms with van der Waals surface area (Å²) in [7, 11) is 1.60. The van der Waals surface area contributed by atoms with E-state index in [9.17, 15) is 4.79 Å². The Morgan fingerprint density at radius 2 is 2.35 bits per heavy atom. The highest BCUT2D eigenvalue weighted by atomic mass is 16.5. The quantitative estimate of drug-likeness (QED) is 0.733. The zero-order chi connectivity index (χ0) is 12.9. The third-order valence-corrected chi connectivity index (χ3v) is 2.21. The normalized spacial score (nSPS) is 11.5. The SMILES string of the molecule is COCC(C)(C)NC(=O)c1cn(CCN)cn1. The van der Waals surface area contributed by atoms with E-state index in [0.29, 0.717) is 25.4 Å². The van der Waals surface area contributed by atoms with Crippen LogP contribution in [-0.4, -0.2) is 41.3 Å². The molecule has 1 rings (SSSR count). The van der Waals surface area contributed by atoms with E-state index >= 15 is 0 Å². The van der Waals surface area contributed by atoms with Crippen molar-refractivity contribution in [2.45, 2.75) is 25.9 Å². The summed E-state index contributed by atoms with van der Waals surface area (Å²) in [5.74, 6) is -0.206. The average molecular weight is 240 g/mol. The molecule has 0 saturated heterocycles. The van der Waals surface area contributed by atoms with Crippen molar-refractivity contribution in [2.24, 2.45) is 5.73 Å². The summed E-state index contributed by atoms with van der Waals surface area (Å²) in [5, 5.41) is 2.86. The summed E-state index contributed by atoms with van der Waals surface area (Å²) < 4.78 is 6.82. The van der Waals surface area contributed by atoms with E-state index in [4.69, 9.17) is 10.5 Å². The minimum Gasteiger partial charge on any atom is -0.382 e. The molecular weight excluding hydrogens is 220 g/mol. The highest BCUT2D eigenvalue weighted by Gasteiger charge is 2.22. The number of imidazole rings is 1. The zero-order valence-corrected chi connectivity index (χ0v) is 10.6. The Morgan fingerprint density at radius 3 is 2.94 bits per heavy atom. The lowest BCUT2D eigenvalue weighted by Gasteiger charge is -2.24. The van der Waals surface area contributed by atoms with E-state index in [1.807, 2.05) is 13.8 Å². The number of ether oxygens (including phenoxy) is 1. The van der Waals surface area contributed by atoms with Crippen molar-refractivity contribution in [2.75, 3.05) is 20.3 Å². The van der Waals surface area contributed by atoms with Crippen molar-refractivity contribution in [3.05, 3.63) is 18.2 Å². The first kappa shape index (κ1) is 13.7. The van der Waals surface area contributed by atoms with Gasteiger partial charge in [-0.2, -0.15) is 0 Å². The van der Waals surface area contributed by atoms with E-state index in [1.54, 1.807) is 24.2 Å². The van der Waals surface area contributed by atoms with E-state index in [-0.39, 0.29) is 5.91 Å². The molecule has 0 bridgehead atoms. The first-order chi connectivity index (χ1) is 7.98. The molecule has 6 nitrogen and oxygen atoms in total. The number of carbonyl (C=O) groups excluding carboxylic acids is 1. The van der Waals surface area contributed by atoms with Gasteiger partial charge in [0.05, 0.1) is 18.5 Å². The van der Waals surface area contributed by atoms with Gasteiger partial charge in [-0.1, -0.05) is 0 Å². The molecule has 0 atom stereocenters. The molecule has 96 valence electrons. The van der Waals surface area contributed by atoms with E-state index < -0.39 is 5.54 Å².